The van der Waals surface area contributed by atoms with Crippen molar-refractivity contribution < 1.29 is 22.4 Å². The minimum absolute atomic E-state index is 0.0285. The van der Waals surface area contributed by atoms with Crippen LogP contribution in [-0.2, 0) is 32.6 Å². The van der Waals surface area contributed by atoms with E-state index >= 15 is 0 Å². The van der Waals surface area contributed by atoms with Crippen LogP contribution in [0, 0.1) is 11.7 Å². The standard InChI is InChI=1S/C30H36FN3O4S/c1-5-24-15-17-26(18-16-24)34(39(37,38)27-12-7-6-8-13-27)21-29(35)33(20-25-11-9-10-14-28(25)31)23(4)30(36)32-19-22(2)3/h6-18,22-23H,5,19-21H2,1-4H3,(H,32,36)/t23-/m0/s1. The van der Waals surface area contributed by atoms with E-state index in [0.29, 0.717) is 12.2 Å². The first-order valence-corrected chi connectivity index (χ1v) is 14.5. The molecule has 0 aromatic heterocycles. The van der Waals surface area contributed by atoms with Crippen LogP contribution in [0.25, 0.3) is 0 Å². The third-order valence-electron chi connectivity index (χ3n) is 6.39. The van der Waals surface area contributed by atoms with Crippen molar-refractivity contribution in [2.75, 3.05) is 17.4 Å². The predicted octanol–water partition coefficient (Wildman–Crippen LogP) is 4.77. The molecule has 2 amide bonds. The summed E-state index contributed by atoms with van der Waals surface area (Å²) in [5.41, 5.74) is 1.55. The fourth-order valence-electron chi connectivity index (χ4n) is 3.99. The summed E-state index contributed by atoms with van der Waals surface area (Å²) in [5, 5.41) is 2.81. The SMILES string of the molecule is CCc1ccc(N(CC(=O)N(Cc2ccccc2F)[C@@H](C)C(=O)NCC(C)C)S(=O)(=O)c2ccccc2)cc1. The molecule has 1 N–H and O–H groups in total. The lowest BCUT2D eigenvalue weighted by atomic mass is 10.1. The molecule has 0 fully saturated rings. The van der Waals surface area contributed by atoms with Gasteiger partial charge in [-0.15, -0.1) is 0 Å². The van der Waals surface area contributed by atoms with E-state index in [2.05, 4.69) is 5.32 Å². The number of benzene rings is 3. The molecule has 0 bridgehead atoms. The van der Waals surface area contributed by atoms with Gasteiger partial charge in [-0.1, -0.05) is 69.3 Å². The van der Waals surface area contributed by atoms with Gasteiger partial charge in [-0.3, -0.25) is 13.9 Å². The molecule has 0 radical (unpaired) electrons. The lowest BCUT2D eigenvalue weighted by Crippen LogP contribution is -2.51. The third-order valence-corrected chi connectivity index (χ3v) is 8.18. The molecule has 0 unspecified atom stereocenters. The van der Waals surface area contributed by atoms with Gasteiger partial charge in [-0.25, -0.2) is 12.8 Å². The van der Waals surface area contributed by atoms with E-state index in [9.17, 15) is 22.4 Å². The van der Waals surface area contributed by atoms with Gasteiger partial charge in [0.05, 0.1) is 10.6 Å². The molecule has 0 aliphatic heterocycles. The van der Waals surface area contributed by atoms with Crippen LogP contribution in [0.2, 0.25) is 0 Å². The minimum atomic E-state index is -4.14. The second kappa shape index (κ2) is 13.4. The second-order valence-electron chi connectivity index (χ2n) is 9.77. The molecular weight excluding hydrogens is 517 g/mol. The largest absolute Gasteiger partial charge is 0.354 e. The van der Waals surface area contributed by atoms with Gasteiger partial charge in [0.1, 0.15) is 18.4 Å². The van der Waals surface area contributed by atoms with Gasteiger partial charge in [0, 0.05) is 18.7 Å². The van der Waals surface area contributed by atoms with E-state index in [1.165, 1.54) is 35.2 Å². The highest BCUT2D eigenvalue weighted by molar-refractivity contribution is 7.92. The molecule has 208 valence electrons. The van der Waals surface area contributed by atoms with Crippen molar-refractivity contribution in [3.8, 4) is 0 Å². The molecule has 7 nitrogen and oxygen atoms in total. The number of halogens is 1. The van der Waals surface area contributed by atoms with Crippen LogP contribution in [0.3, 0.4) is 0 Å². The van der Waals surface area contributed by atoms with E-state index in [-0.39, 0.29) is 22.9 Å². The van der Waals surface area contributed by atoms with Gasteiger partial charge in [0.15, 0.2) is 0 Å². The first kappa shape index (κ1) is 29.8. The van der Waals surface area contributed by atoms with Crippen LogP contribution in [-0.4, -0.2) is 44.3 Å². The Labute approximate surface area is 230 Å². The zero-order chi connectivity index (χ0) is 28.6. The zero-order valence-corrected chi connectivity index (χ0v) is 23.6. The molecular formula is C30H36FN3O4S. The zero-order valence-electron chi connectivity index (χ0n) is 22.8. The van der Waals surface area contributed by atoms with Crippen molar-refractivity contribution in [2.45, 2.75) is 51.6 Å². The first-order chi connectivity index (χ1) is 18.5. The maximum absolute atomic E-state index is 14.6. The first-order valence-electron chi connectivity index (χ1n) is 13.0. The Bertz CT molecular complexity index is 1360. The Morgan fingerprint density at radius 1 is 0.897 bits per heavy atom. The average molecular weight is 554 g/mol. The van der Waals surface area contributed by atoms with Gasteiger partial charge < -0.3 is 10.2 Å². The van der Waals surface area contributed by atoms with Crippen LogP contribution in [0.15, 0.2) is 83.8 Å². The number of hydrogen-bond donors (Lipinski definition) is 1. The monoisotopic (exact) mass is 553 g/mol. The summed E-state index contributed by atoms with van der Waals surface area (Å²) in [4.78, 5) is 28.1. The summed E-state index contributed by atoms with van der Waals surface area (Å²) >= 11 is 0. The summed E-state index contributed by atoms with van der Waals surface area (Å²) in [6, 6.07) is 19.8. The Morgan fingerprint density at radius 3 is 2.10 bits per heavy atom. The van der Waals surface area contributed by atoms with Crippen molar-refractivity contribution in [1.29, 1.82) is 0 Å². The molecule has 0 aliphatic carbocycles. The highest BCUT2D eigenvalue weighted by atomic mass is 32.2. The molecule has 0 spiro atoms. The number of amides is 2. The summed E-state index contributed by atoms with van der Waals surface area (Å²) in [7, 11) is -4.14. The van der Waals surface area contributed by atoms with Gasteiger partial charge in [0.25, 0.3) is 10.0 Å². The van der Waals surface area contributed by atoms with Crippen LogP contribution in [0.4, 0.5) is 10.1 Å². The number of carbonyl (C=O) groups excluding carboxylic acids is 2. The van der Waals surface area contributed by atoms with Crippen LogP contribution >= 0.6 is 0 Å². The number of anilines is 1. The second-order valence-corrected chi connectivity index (χ2v) is 11.6. The van der Waals surface area contributed by atoms with Crippen LogP contribution in [0.5, 0.6) is 0 Å². The van der Waals surface area contributed by atoms with Crippen LogP contribution < -0.4 is 9.62 Å². The number of nitrogens with one attached hydrogen (secondary N) is 1. The Morgan fingerprint density at radius 2 is 1.51 bits per heavy atom. The van der Waals surface area contributed by atoms with Gasteiger partial charge >= 0.3 is 0 Å². The van der Waals surface area contributed by atoms with Gasteiger partial charge in [0.2, 0.25) is 11.8 Å². The quantitative estimate of drug-likeness (QED) is 0.350. The fraction of sp³-hybridized carbons (Fsp3) is 0.333. The fourth-order valence-corrected chi connectivity index (χ4v) is 5.43. The van der Waals surface area contributed by atoms with E-state index in [0.717, 1.165) is 16.3 Å². The third kappa shape index (κ3) is 7.66. The summed E-state index contributed by atoms with van der Waals surface area (Å²) in [6.07, 6.45) is 0.768. The summed E-state index contributed by atoms with van der Waals surface area (Å²) in [6.45, 7) is 7.08. The van der Waals surface area contributed by atoms with Gasteiger partial charge in [-0.2, -0.15) is 0 Å². The van der Waals surface area contributed by atoms with Crippen molar-refractivity contribution in [3.63, 3.8) is 0 Å². The number of aryl methyl sites for hydroxylation is 1. The van der Waals surface area contributed by atoms with Crippen LogP contribution in [0.1, 0.15) is 38.8 Å². The number of sulfonamides is 1. The van der Waals surface area contributed by atoms with E-state index in [1.54, 1.807) is 43.3 Å². The predicted molar refractivity (Wildman–Crippen MR) is 151 cm³/mol. The smallest absolute Gasteiger partial charge is 0.264 e. The molecule has 0 heterocycles. The number of hydrogen-bond acceptors (Lipinski definition) is 4. The molecule has 3 aromatic rings. The van der Waals surface area contributed by atoms with Crippen molar-refractivity contribution >= 4 is 27.5 Å². The molecule has 3 rings (SSSR count). The van der Waals surface area contributed by atoms with Crippen molar-refractivity contribution in [1.82, 2.24) is 10.2 Å². The number of nitrogens with zero attached hydrogens (tertiary/aromatic N) is 2. The molecule has 0 saturated heterocycles. The molecule has 1 atom stereocenters. The topological polar surface area (TPSA) is 86.8 Å². The molecule has 9 heteroatoms. The van der Waals surface area contributed by atoms with E-state index < -0.39 is 40.2 Å². The Balaban J connectivity index is 2.01. The number of carbonyl (C=O) groups is 2. The lowest BCUT2D eigenvalue weighted by Gasteiger charge is -2.32. The summed E-state index contributed by atoms with van der Waals surface area (Å²) in [5.74, 6) is -1.37. The van der Waals surface area contributed by atoms with E-state index in [1.807, 2.05) is 32.9 Å². The highest BCUT2D eigenvalue weighted by Crippen LogP contribution is 2.25. The van der Waals surface area contributed by atoms with Crippen molar-refractivity contribution in [3.05, 3.63) is 95.8 Å². The molecule has 0 saturated carbocycles. The molecule has 39 heavy (non-hydrogen) atoms. The van der Waals surface area contributed by atoms with Crippen molar-refractivity contribution in [2.24, 2.45) is 5.92 Å². The average Bonchev–Trinajstić information content (AvgIpc) is 2.94. The highest BCUT2D eigenvalue weighted by Gasteiger charge is 2.32. The Kier molecular flexibility index (Phi) is 10.2. The lowest BCUT2D eigenvalue weighted by molar-refractivity contribution is -0.139. The minimum Gasteiger partial charge on any atom is -0.354 e. The van der Waals surface area contributed by atoms with E-state index in [4.69, 9.17) is 0 Å². The maximum atomic E-state index is 14.6. The normalized spacial score (nSPS) is 12.2. The molecule has 3 aromatic carbocycles. The Hall–Kier alpha value is -3.72. The summed E-state index contributed by atoms with van der Waals surface area (Å²) < 4.78 is 43.1. The van der Waals surface area contributed by atoms with Gasteiger partial charge in [-0.05, 0) is 55.2 Å². The number of rotatable bonds is 12. The molecule has 0 aliphatic rings. The maximum Gasteiger partial charge on any atom is 0.264 e.